The summed E-state index contributed by atoms with van der Waals surface area (Å²) in [5, 5.41) is 21.6. The van der Waals surface area contributed by atoms with Gasteiger partial charge in [-0.3, -0.25) is 5.32 Å². The van der Waals surface area contributed by atoms with E-state index in [0.717, 1.165) is 30.4 Å². The molecule has 0 unspecified atom stereocenters. The Hall–Kier alpha value is -2.84. The van der Waals surface area contributed by atoms with Crippen LogP contribution in [-0.2, 0) is 12.8 Å². The van der Waals surface area contributed by atoms with Gasteiger partial charge in [0.25, 0.3) is 0 Å². The van der Waals surface area contributed by atoms with Crippen LogP contribution in [-0.4, -0.2) is 39.4 Å². The fourth-order valence-corrected chi connectivity index (χ4v) is 4.68. The number of hydrogen-bond acceptors (Lipinski definition) is 5. The van der Waals surface area contributed by atoms with Gasteiger partial charge >= 0.3 is 6.03 Å². The molecule has 2 amide bonds. The normalized spacial score (nSPS) is 15.5. The van der Waals surface area contributed by atoms with Crippen LogP contribution < -0.4 is 5.32 Å². The second-order valence-corrected chi connectivity index (χ2v) is 8.32. The molecule has 1 aliphatic carbocycles. The zero-order valence-corrected chi connectivity index (χ0v) is 17.2. The summed E-state index contributed by atoms with van der Waals surface area (Å²) in [6.45, 7) is 0.118. The number of aromatic nitrogens is 2. The predicted octanol–water partition coefficient (Wildman–Crippen LogP) is 4.17. The van der Waals surface area contributed by atoms with Crippen LogP contribution in [0.25, 0.3) is 0 Å². The summed E-state index contributed by atoms with van der Waals surface area (Å²) in [4.78, 5) is 14.7. The van der Waals surface area contributed by atoms with Crippen molar-refractivity contribution in [3.05, 3.63) is 76.0 Å². The van der Waals surface area contributed by atoms with Crippen LogP contribution in [0.3, 0.4) is 0 Å². The minimum Gasteiger partial charge on any atom is -0.395 e. The minimum atomic E-state index is -0.306. The molecule has 0 bridgehead atoms. The van der Waals surface area contributed by atoms with Crippen LogP contribution in [0, 0.1) is 5.82 Å². The number of fused-ring (bicyclic) bond motifs is 1. The molecule has 156 valence electrons. The van der Waals surface area contributed by atoms with E-state index in [1.54, 1.807) is 11.0 Å². The zero-order chi connectivity index (χ0) is 20.9. The number of amides is 2. The number of halogens is 1. The number of nitrogens with zero attached hydrogens (tertiary/aromatic N) is 3. The molecular formula is C22H23FN4O2S. The number of aryl methyl sites for hydroxylation is 1. The van der Waals surface area contributed by atoms with E-state index in [1.165, 1.54) is 29.0 Å². The lowest BCUT2D eigenvalue weighted by molar-refractivity contribution is 0.155. The highest BCUT2D eigenvalue weighted by Crippen LogP contribution is 2.34. The second kappa shape index (κ2) is 9.32. The third-order valence-corrected chi connectivity index (χ3v) is 6.08. The number of hydrogen-bond donors (Lipinski definition) is 2. The number of urea groups is 1. The van der Waals surface area contributed by atoms with E-state index in [9.17, 15) is 14.3 Å². The van der Waals surface area contributed by atoms with Gasteiger partial charge in [0.1, 0.15) is 10.8 Å². The lowest BCUT2D eigenvalue weighted by atomic mass is 9.87. The Labute approximate surface area is 178 Å². The highest BCUT2D eigenvalue weighted by Gasteiger charge is 2.29. The molecule has 0 radical (unpaired) electrons. The second-order valence-electron chi connectivity index (χ2n) is 7.26. The summed E-state index contributed by atoms with van der Waals surface area (Å²) < 4.78 is 13.4. The van der Waals surface area contributed by atoms with Gasteiger partial charge in [0, 0.05) is 13.0 Å². The summed E-state index contributed by atoms with van der Waals surface area (Å²) in [6, 6.07) is 14.1. The van der Waals surface area contributed by atoms with Gasteiger partial charge in [-0.05, 0) is 48.1 Å². The third kappa shape index (κ3) is 4.66. The van der Waals surface area contributed by atoms with E-state index in [4.69, 9.17) is 0 Å². The van der Waals surface area contributed by atoms with E-state index >= 15 is 0 Å². The summed E-state index contributed by atoms with van der Waals surface area (Å²) in [5.74, 6) is -0.294. The highest BCUT2D eigenvalue weighted by atomic mass is 32.1. The molecule has 30 heavy (non-hydrogen) atoms. The quantitative estimate of drug-likeness (QED) is 0.620. The summed E-state index contributed by atoms with van der Waals surface area (Å²) in [5.41, 5.74) is 3.18. The Morgan fingerprint density at radius 3 is 2.93 bits per heavy atom. The average Bonchev–Trinajstić information content (AvgIpc) is 3.18. The van der Waals surface area contributed by atoms with Crippen molar-refractivity contribution in [3.63, 3.8) is 0 Å². The number of benzene rings is 2. The van der Waals surface area contributed by atoms with E-state index in [1.807, 2.05) is 18.2 Å². The average molecular weight is 427 g/mol. The Balaban J connectivity index is 1.47. The van der Waals surface area contributed by atoms with Gasteiger partial charge in [-0.2, -0.15) is 0 Å². The molecule has 0 spiro atoms. The molecule has 1 aliphatic rings. The first kappa shape index (κ1) is 20.4. The van der Waals surface area contributed by atoms with Gasteiger partial charge in [-0.25, -0.2) is 9.18 Å². The van der Waals surface area contributed by atoms with Crippen molar-refractivity contribution >= 4 is 22.5 Å². The molecule has 4 rings (SSSR count). The summed E-state index contributed by atoms with van der Waals surface area (Å²) >= 11 is 1.26. The van der Waals surface area contributed by atoms with Crippen LogP contribution in [0.1, 0.15) is 40.6 Å². The van der Waals surface area contributed by atoms with Gasteiger partial charge in [0.15, 0.2) is 0 Å². The van der Waals surface area contributed by atoms with Crippen molar-refractivity contribution in [1.29, 1.82) is 0 Å². The van der Waals surface area contributed by atoms with Crippen LogP contribution in [0.2, 0.25) is 0 Å². The standard InChI is InChI=1S/C22H23FN4O2S/c23-17-8-3-5-15(13-17)14-20-25-26-21(30-20)24-22(29)27(11-12-28)19-10-4-7-16-6-1-2-9-18(16)19/h1-3,5-6,8-9,13,19,28H,4,7,10-12,14H2,(H,24,26,29)/t19-/m1/s1. The smallest absolute Gasteiger partial charge is 0.324 e. The molecule has 2 aromatic carbocycles. The molecule has 1 heterocycles. The zero-order valence-electron chi connectivity index (χ0n) is 16.4. The van der Waals surface area contributed by atoms with Gasteiger partial charge in [-0.15, -0.1) is 10.2 Å². The van der Waals surface area contributed by atoms with Crippen molar-refractivity contribution in [2.24, 2.45) is 0 Å². The Morgan fingerprint density at radius 1 is 1.23 bits per heavy atom. The molecule has 0 fully saturated rings. The molecule has 1 atom stereocenters. The van der Waals surface area contributed by atoms with Crippen LogP contribution >= 0.6 is 11.3 Å². The molecule has 0 saturated heterocycles. The molecule has 0 saturated carbocycles. The van der Waals surface area contributed by atoms with Crippen molar-refractivity contribution < 1.29 is 14.3 Å². The highest BCUT2D eigenvalue weighted by molar-refractivity contribution is 7.15. The molecule has 6 nitrogen and oxygen atoms in total. The summed E-state index contributed by atoms with van der Waals surface area (Å²) in [6.07, 6.45) is 3.29. The number of carbonyl (C=O) groups is 1. The van der Waals surface area contributed by atoms with E-state index in [0.29, 0.717) is 16.6 Å². The monoisotopic (exact) mass is 426 g/mol. The van der Waals surface area contributed by atoms with Crippen molar-refractivity contribution in [3.8, 4) is 0 Å². The van der Waals surface area contributed by atoms with Crippen molar-refractivity contribution in [2.75, 3.05) is 18.5 Å². The Morgan fingerprint density at radius 2 is 2.10 bits per heavy atom. The first-order valence-corrected chi connectivity index (χ1v) is 10.8. The largest absolute Gasteiger partial charge is 0.395 e. The molecule has 0 aliphatic heterocycles. The molecule has 3 aromatic rings. The number of anilines is 1. The molecule has 8 heteroatoms. The molecular weight excluding hydrogens is 403 g/mol. The van der Waals surface area contributed by atoms with Crippen LogP contribution in [0.15, 0.2) is 48.5 Å². The lowest BCUT2D eigenvalue weighted by Crippen LogP contribution is -2.41. The number of carbonyl (C=O) groups excluding carboxylic acids is 1. The van der Waals surface area contributed by atoms with Crippen LogP contribution in [0.5, 0.6) is 0 Å². The topological polar surface area (TPSA) is 78.4 Å². The van der Waals surface area contributed by atoms with E-state index in [-0.39, 0.29) is 31.0 Å². The van der Waals surface area contributed by atoms with Gasteiger partial charge < -0.3 is 10.0 Å². The van der Waals surface area contributed by atoms with Gasteiger partial charge in [-0.1, -0.05) is 47.7 Å². The number of rotatable bonds is 6. The molecule has 1 aromatic heterocycles. The van der Waals surface area contributed by atoms with Gasteiger partial charge in [0.2, 0.25) is 5.13 Å². The Kier molecular flexibility index (Phi) is 6.35. The maximum atomic E-state index is 13.4. The number of aliphatic hydroxyl groups is 1. The first-order chi connectivity index (χ1) is 14.6. The van der Waals surface area contributed by atoms with E-state index in [2.05, 4.69) is 27.6 Å². The third-order valence-electron chi connectivity index (χ3n) is 5.24. The Bertz CT molecular complexity index is 1030. The fraction of sp³-hybridized carbons (Fsp3) is 0.318. The number of nitrogens with one attached hydrogen (secondary N) is 1. The van der Waals surface area contributed by atoms with E-state index < -0.39 is 0 Å². The van der Waals surface area contributed by atoms with Crippen LogP contribution in [0.4, 0.5) is 14.3 Å². The van der Waals surface area contributed by atoms with Crippen molar-refractivity contribution in [1.82, 2.24) is 15.1 Å². The SMILES string of the molecule is O=C(Nc1nnc(Cc2cccc(F)c2)s1)N(CCO)[C@@H]1CCCc2ccccc21. The first-order valence-electron chi connectivity index (χ1n) is 9.97. The van der Waals surface area contributed by atoms with Crippen molar-refractivity contribution in [2.45, 2.75) is 31.7 Å². The maximum absolute atomic E-state index is 13.4. The lowest BCUT2D eigenvalue weighted by Gasteiger charge is -2.35. The summed E-state index contributed by atoms with van der Waals surface area (Å²) in [7, 11) is 0. The predicted molar refractivity (Wildman–Crippen MR) is 114 cm³/mol. The fourth-order valence-electron chi connectivity index (χ4n) is 3.92. The van der Waals surface area contributed by atoms with Gasteiger partial charge in [0.05, 0.1) is 12.6 Å². The molecule has 2 N–H and O–H groups in total. The minimum absolute atomic E-state index is 0.0817. The maximum Gasteiger partial charge on any atom is 0.324 e. The number of aliphatic hydroxyl groups excluding tert-OH is 1.